The molecule has 1 aliphatic carbocycles. The summed E-state index contributed by atoms with van der Waals surface area (Å²) in [5.74, 6) is 2.84. The lowest BCUT2D eigenvalue weighted by atomic mass is 9.80. The first-order valence-corrected chi connectivity index (χ1v) is 6.97. The van der Waals surface area contributed by atoms with Gasteiger partial charge >= 0.3 is 0 Å². The Kier molecular flexibility index (Phi) is 3.05. The van der Waals surface area contributed by atoms with E-state index in [4.69, 9.17) is 5.73 Å². The fourth-order valence-electron chi connectivity index (χ4n) is 3.31. The second kappa shape index (κ2) is 4.72. The average molecular weight is 259 g/mol. The van der Waals surface area contributed by atoms with Gasteiger partial charge in [0.25, 0.3) is 0 Å². The number of nitrogens with one attached hydrogen (secondary N) is 1. The third-order valence-corrected chi connectivity index (χ3v) is 3.91. The Labute approximate surface area is 113 Å². The molecule has 1 fully saturated rings. The van der Waals surface area contributed by atoms with Crippen LogP contribution in [0.3, 0.4) is 0 Å². The highest BCUT2D eigenvalue weighted by Crippen LogP contribution is 2.30. The van der Waals surface area contributed by atoms with Crippen molar-refractivity contribution in [2.24, 2.45) is 11.8 Å². The van der Waals surface area contributed by atoms with Crippen LogP contribution in [0.5, 0.6) is 0 Å². The minimum Gasteiger partial charge on any atom is -0.382 e. The van der Waals surface area contributed by atoms with Gasteiger partial charge in [0.2, 0.25) is 0 Å². The Morgan fingerprint density at radius 1 is 1.26 bits per heavy atom. The number of anilines is 2. The maximum absolute atomic E-state index is 5.84. The number of hydrogen-bond acceptors (Lipinski definition) is 4. The van der Waals surface area contributed by atoms with Crippen LogP contribution in [-0.2, 0) is 0 Å². The van der Waals surface area contributed by atoms with Crippen molar-refractivity contribution in [3.8, 4) is 0 Å². The first-order chi connectivity index (χ1) is 9.11. The first-order valence-electron chi connectivity index (χ1n) is 6.97. The van der Waals surface area contributed by atoms with Crippen LogP contribution in [0.2, 0.25) is 0 Å². The molecule has 0 saturated heterocycles. The molecule has 2 unspecified atom stereocenters. The monoisotopic (exact) mass is 259 g/mol. The number of hydrogen-bond donors (Lipinski definition) is 2. The Morgan fingerprint density at radius 3 is 2.74 bits per heavy atom. The molecule has 19 heavy (non-hydrogen) atoms. The minimum absolute atomic E-state index is 0.466. The molecule has 1 aliphatic rings. The lowest BCUT2D eigenvalue weighted by Crippen LogP contribution is -2.30. The third kappa shape index (κ3) is 2.50. The van der Waals surface area contributed by atoms with Crippen molar-refractivity contribution in [2.75, 3.05) is 11.1 Å². The van der Waals surface area contributed by atoms with Gasteiger partial charge in [0.15, 0.2) is 11.5 Å². The molecule has 0 aliphatic heterocycles. The Bertz CT molecular complexity index is 566. The van der Waals surface area contributed by atoms with Crippen LogP contribution in [0.4, 0.5) is 11.6 Å². The van der Waals surface area contributed by atoms with Crippen molar-refractivity contribution in [3.05, 3.63) is 18.6 Å². The third-order valence-electron chi connectivity index (χ3n) is 3.91. The molecular formula is C14H21N5. The number of aromatic nitrogens is 3. The van der Waals surface area contributed by atoms with Crippen molar-refractivity contribution in [1.29, 1.82) is 0 Å². The Morgan fingerprint density at radius 2 is 2.00 bits per heavy atom. The molecule has 3 N–H and O–H groups in total. The molecule has 2 atom stereocenters. The molecule has 2 aromatic heterocycles. The molecule has 0 bridgehead atoms. The molecule has 2 heterocycles. The smallest absolute Gasteiger partial charge is 0.180 e. The summed E-state index contributed by atoms with van der Waals surface area (Å²) in [5.41, 5.74) is 6.69. The van der Waals surface area contributed by atoms with Crippen LogP contribution in [0.25, 0.3) is 5.65 Å². The van der Waals surface area contributed by atoms with Gasteiger partial charge in [-0.1, -0.05) is 13.8 Å². The fourth-order valence-corrected chi connectivity index (χ4v) is 3.31. The van der Waals surface area contributed by atoms with Crippen molar-refractivity contribution in [1.82, 2.24) is 14.4 Å². The van der Waals surface area contributed by atoms with E-state index in [9.17, 15) is 0 Å². The summed E-state index contributed by atoms with van der Waals surface area (Å²) in [7, 11) is 0. The van der Waals surface area contributed by atoms with E-state index in [-0.39, 0.29) is 0 Å². The zero-order valence-electron chi connectivity index (χ0n) is 11.5. The lowest BCUT2D eigenvalue weighted by Gasteiger charge is -2.32. The minimum atomic E-state index is 0.466. The number of imidazole rings is 1. The highest BCUT2D eigenvalue weighted by molar-refractivity contribution is 5.65. The number of fused-ring (bicyclic) bond motifs is 1. The van der Waals surface area contributed by atoms with Gasteiger partial charge in [-0.25, -0.2) is 9.97 Å². The summed E-state index contributed by atoms with van der Waals surface area (Å²) in [6.07, 6.45) is 9.15. The summed E-state index contributed by atoms with van der Waals surface area (Å²) in [6.45, 7) is 4.64. The summed E-state index contributed by atoms with van der Waals surface area (Å²) < 4.78 is 1.92. The molecule has 5 heteroatoms. The topological polar surface area (TPSA) is 68.2 Å². The quantitative estimate of drug-likeness (QED) is 0.869. The standard InChI is InChI=1S/C14H21N5/c1-9-5-10(2)7-11(6-9)17-13-14-16-3-4-19(14)8-12(15)18-13/h3-4,8-11H,5-7,15H2,1-2H3,(H,17,18). The van der Waals surface area contributed by atoms with Crippen molar-refractivity contribution in [3.63, 3.8) is 0 Å². The maximum atomic E-state index is 5.84. The van der Waals surface area contributed by atoms with Crippen LogP contribution in [0.15, 0.2) is 18.6 Å². The highest BCUT2D eigenvalue weighted by atomic mass is 15.1. The molecule has 0 amide bonds. The largest absolute Gasteiger partial charge is 0.382 e. The van der Waals surface area contributed by atoms with Crippen LogP contribution in [-0.4, -0.2) is 20.4 Å². The first kappa shape index (κ1) is 12.3. The van der Waals surface area contributed by atoms with Gasteiger partial charge in [-0.05, 0) is 31.1 Å². The summed E-state index contributed by atoms with van der Waals surface area (Å²) >= 11 is 0. The average Bonchev–Trinajstić information content (AvgIpc) is 2.75. The SMILES string of the molecule is CC1CC(C)CC(Nc2nc(N)cn3ccnc23)C1. The number of nitrogen functional groups attached to an aromatic ring is 1. The molecule has 0 spiro atoms. The van der Waals surface area contributed by atoms with Gasteiger partial charge in [-0.2, -0.15) is 0 Å². The van der Waals surface area contributed by atoms with E-state index in [1.165, 1.54) is 19.3 Å². The molecule has 102 valence electrons. The van der Waals surface area contributed by atoms with Crippen LogP contribution < -0.4 is 11.1 Å². The van der Waals surface area contributed by atoms with Crippen LogP contribution in [0, 0.1) is 11.8 Å². The van der Waals surface area contributed by atoms with E-state index in [0.717, 1.165) is 23.3 Å². The van der Waals surface area contributed by atoms with Crippen molar-refractivity contribution >= 4 is 17.3 Å². The molecular weight excluding hydrogens is 238 g/mol. The fraction of sp³-hybridized carbons (Fsp3) is 0.571. The Balaban J connectivity index is 1.86. The predicted molar refractivity (Wildman–Crippen MR) is 77.0 cm³/mol. The second-order valence-electron chi connectivity index (χ2n) is 5.93. The molecule has 1 saturated carbocycles. The number of rotatable bonds is 2. The van der Waals surface area contributed by atoms with Gasteiger partial charge < -0.3 is 15.5 Å². The zero-order chi connectivity index (χ0) is 13.4. The molecule has 3 rings (SSSR count). The Hall–Kier alpha value is -1.78. The molecule has 2 aromatic rings. The van der Waals surface area contributed by atoms with E-state index in [2.05, 4.69) is 29.1 Å². The van der Waals surface area contributed by atoms with Crippen molar-refractivity contribution < 1.29 is 0 Å². The maximum Gasteiger partial charge on any atom is 0.180 e. The number of nitrogens with two attached hydrogens (primary N) is 1. The number of nitrogens with zero attached hydrogens (tertiary/aromatic N) is 3. The van der Waals surface area contributed by atoms with E-state index >= 15 is 0 Å². The van der Waals surface area contributed by atoms with Gasteiger partial charge in [0, 0.05) is 18.4 Å². The van der Waals surface area contributed by atoms with Gasteiger partial charge in [0.05, 0.1) is 6.20 Å². The summed E-state index contributed by atoms with van der Waals surface area (Å²) in [4.78, 5) is 8.75. The second-order valence-corrected chi connectivity index (χ2v) is 5.93. The van der Waals surface area contributed by atoms with Gasteiger partial charge in [-0.3, -0.25) is 0 Å². The van der Waals surface area contributed by atoms with Crippen LogP contribution in [0.1, 0.15) is 33.1 Å². The van der Waals surface area contributed by atoms with E-state index < -0.39 is 0 Å². The predicted octanol–water partition coefficient (Wildman–Crippen LogP) is 2.55. The summed E-state index contributed by atoms with van der Waals surface area (Å²) in [6, 6.07) is 0.466. The van der Waals surface area contributed by atoms with Crippen molar-refractivity contribution in [2.45, 2.75) is 39.2 Å². The van der Waals surface area contributed by atoms with Crippen LogP contribution >= 0.6 is 0 Å². The van der Waals surface area contributed by atoms with E-state index in [1.54, 1.807) is 12.4 Å². The van der Waals surface area contributed by atoms with E-state index in [1.807, 2.05) is 10.6 Å². The van der Waals surface area contributed by atoms with Gasteiger partial charge in [0.1, 0.15) is 5.82 Å². The zero-order valence-corrected chi connectivity index (χ0v) is 11.5. The molecule has 5 nitrogen and oxygen atoms in total. The lowest BCUT2D eigenvalue weighted by molar-refractivity contribution is 0.280. The summed E-state index contributed by atoms with van der Waals surface area (Å²) in [5, 5.41) is 3.54. The highest BCUT2D eigenvalue weighted by Gasteiger charge is 2.24. The molecule has 0 aromatic carbocycles. The normalized spacial score (nSPS) is 27.6. The van der Waals surface area contributed by atoms with Gasteiger partial charge in [-0.15, -0.1) is 0 Å². The van der Waals surface area contributed by atoms with E-state index in [0.29, 0.717) is 11.9 Å². The molecule has 0 radical (unpaired) electrons.